The molecular weight excluding hydrogens is 259 g/mol. The molecule has 0 spiro atoms. The van der Waals surface area contributed by atoms with Crippen LogP contribution in [0.2, 0.25) is 5.02 Å². The lowest BCUT2D eigenvalue weighted by molar-refractivity contribution is 0.1000. The number of rotatable bonds is 2. The highest BCUT2D eigenvalue weighted by Gasteiger charge is 2.25. The maximum Gasteiger partial charge on any atom is 0.250 e. The summed E-state index contributed by atoms with van der Waals surface area (Å²) in [5.41, 5.74) is 4.60. The molecular formula is C8H8ClFN2O3S. The van der Waals surface area contributed by atoms with Gasteiger partial charge in [0.2, 0.25) is 15.9 Å². The van der Waals surface area contributed by atoms with Gasteiger partial charge in [0.15, 0.2) is 0 Å². The number of aryl methyl sites for hydroxylation is 1. The van der Waals surface area contributed by atoms with E-state index in [-0.39, 0.29) is 11.1 Å². The molecule has 0 aliphatic rings. The van der Waals surface area contributed by atoms with Gasteiger partial charge >= 0.3 is 0 Å². The van der Waals surface area contributed by atoms with Crippen molar-refractivity contribution in [3.8, 4) is 0 Å². The summed E-state index contributed by atoms with van der Waals surface area (Å²) in [7, 11) is -4.36. The zero-order chi connectivity index (χ0) is 12.7. The first-order valence-corrected chi connectivity index (χ1v) is 5.90. The fourth-order valence-electron chi connectivity index (χ4n) is 1.17. The fourth-order valence-corrected chi connectivity index (χ4v) is 2.49. The minimum absolute atomic E-state index is 0.0813. The number of sulfonamides is 1. The second kappa shape index (κ2) is 4.00. The SMILES string of the molecule is Cc1cc(C(N)=O)c(Cl)c(S(N)(=O)=O)c1F. The highest BCUT2D eigenvalue weighted by Crippen LogP contribution is 2.29. The van der Waals surface area contributed by atoms with Crippen LogP contribution in [0.4, 0.5) is 4.39 Å². The van der Waals surface area contributed by atoms with E-state index < -0.39 is 31.7 Å². The molecule has 0 saturated carbocycles. The molecule has 88 valence electrons. The van der Waals surface area contributed by atoms with E-state index in [1.165, 1.54) is 6.92 Å². The molecule has 5 nitrogen and oxygen atoms in total. The second-order valence-corrected chi connectivity index (χ2v) is 4.98. The van der Waals surface area contributed by atoms with Gasteiger partial charge in [-0.2, -0.15) is 0 Å². The molecule has 0 fully saturated rings. The van der Waals surface area contributed by atoms with Gasteiger partial charge in [-0.25, -0.2) is 17.9 Å². The molecule has 0 saturated heterocycles. The number of carbonyl (C=O) groups excluding carboxylic acids is 1. The van der Waals surface area contributed by atoms with Gasteiger partial charge in [-0.05, 0) is 18.6 Å². The first-order chi connectivity index (χ1) is 7.16. The van der Waals surface area contributed by atoms with E-state index in [0.29, 0.717) is 0 Å². The maximum absolute atomic E-state index is 13.5. The van der Waals surface area contributed by atoms with Gasteiger partial charge in [-0.15, -0.1) is 0 Å². The summed E-state index contributed by atoms with van der Waals surface area (Å²) in [5.74, 6) is -2.05. The third-order valence-corrected chi connectivity index (χ3v) is 3.35. The van der Waals surface area contributed by atoms with Crippen LogP contribution >= 0.6 is 11.6 Å². The van der Waals surface area contributed by atoms with Gasteiger partial charge in [0.25, 0.3) is 0 Å². The third kappa shape index (κ3) is 2.16. The lowest BCUT2D eigenvalue weighted by Crippen LogP contribution is -2.19. The van der Waals surface area contributed by atoms with Crippen LogP contribution in [0.1, 0.15) is 15.9 Å². The zero-order valence-corrected chi connectivity index (χ0v) is 9.69. The minimum Gasteiger partial charge on any atom is -0.366 e. The van der Waals surface area contributed by atoms with Gasteiger partial charge in [-0.1, -0.05) is 11.6 Å². The number of nitrogens with two attached hydrogens (primary N) is 2. The van der Waals surface area contributed by atoms with Crippen molar-refractivity contribution in [2.75, 3.05) is 0 Å². The van der Waals surface area contributed by atoms with Gasteiger partial charge in [0, 0.05) is 0 Å². The summed E-state index contributed by atoms with van der Waals surface area (Å²) in [6.45, 7) is 1.27. The number of carbonyl (C=O) groups is 1. The van der Waals surface area contributed by atoms with Crippen LogP contribution in [0, 0.1) is 12.7 Å². The molecule has 0 unspecified atom stereocenters. The molecule has 0 heterocycles. The summed E-state index contributed by atoms with van der Waals surface area (Å²) in [6.07, 6.45) is 0. The van der Waals surface area contributed by atoms with Gasteiger partial charge < -0.3 is 5.73 Å². The van der Waals surface area contributed by atoms with E-state index in [9.17, 15) is 17.6 Å². The van der Waals surface area contributed by atoms with Crippen molar-refractivity contribution in [2.24, 2.45) is 10.9 Å². The Bertz CT molecular complexity index is 571. The summed E-state index contributed by atoms with van der Waals surface area (Å²) in [4.78, 5) is 10.0. The molecule has 0 aliphatic heterocycles. The fraction of sp³-hybridized carbons (Fsp3) is 0.125. The lowest BCUT2D eigenvalue weighted by Gasteiger charge is -2.09. The average Bonchev–Trinajstić information content (AvgIpc) is 2.08. The Morgan fingerprint density at radius 2 is 2.00 bits per heavy atom. The standard InChI is InChI=1S/C8H8ClFN2O3S/c1-3-2-4(8(11)13)5(9)7(6(3)10)16(12,14)15/h2H,1H3,(H2,11,13)(H2,12,14,15). The number of halogens is 2. The number of hydrogen-bond acceptors (Lipinski definition) is 3. The number of hydrogen-bond donors (Lipinski definition) is 2. The summed E-state index contributed by atoms with van der Waals surface area (Å²) >= 11 is 5.57. The van der Waals surface area contributed by atoms with E-state index in [1.807, 2.05) is 0 Å². The van der Waals surface area contributed by atoms with Crippen molar-refractivity contribution in [1.82, 2.24) is 0 Å². The predicted molar refractivity (Wildman–Crippen MR) is 56.0 cm³/mol. The maximum atomic E-state index is 13.5. The number of benzene rings is 1. The van der Waals surface area contributed by atoms with E-state index in [0.717, 1.165) is 6.07 Å². The van der Waals surface area contributed by atoms with Crippen LogP contribution in [0.25, 0.3) is 0 Å². The molecule has 1 rings (SSSR count). The van der Waals surface area contributed by atoms with Crippen LogP contribution in [-0.4, -0.2) is 14.3 Å². The molecule has 1 aromatic rings. The average molecular weight is 267 g/mol. The van der Waals surface area contributed by atoms with Gasteiger partial charge in [-0.3, -0.25) is 4.79 Å². The molecule has 0 atom stereocenters. The van der Waals surface area contributed by atoms with Crippen LogP contribution in [0.3, 0.4) is 0 Å². The quantitative estimate of drug-likeness (QED) is 0.816. The van der Waals surface area contributed by atoms with Crippen molar-refractivity contribution in [3.05, 3.63) is 28.0 Å². The largest absolute Gasteiger partial charge is 0.366 e. The molecule has 0 radical (unpaired) electrons. The highest BCUT2D eigenvalue weighted by atomic mass is 35.5. The summed E-state index contributed by atoms with van der Waals surface area (Å²) in [6, 6.07) is 1.06. The van der Waals surface area contributed by atoms with E-state index in [4.69, 9.17) is 22.5 Å². The Kier molecular flexibility index (Phi) is 3.22. The molecule has 8 heteroatoms. The topological polar surface area (TPSA) is 103 Å². The lowest BCUT2D eigenvalue weighted by atomic mass is 10.1. The number of primary sulfonamides is 1. The molecule has 0 aliphatic carbocycles. The molecule has 4 N–H and O–H groups in total. The van der Waals surface area contributed by atoms with Crippen molar-refractivity contribution in [1.29, 1.82) is 0 Å². The van der Waals surface area contributed by atoms with Crippen LogP contribution in [-0.2, 0) is 10.0 Å². The van der Waals surface area contributed by atoms with Crippen LogP contribution in [0.15, 0.2) is 11.0 Å². The Morgan fingerprint density at radius 1 is 1.50 bits per heavy atom. The smallest absolute Gasteiger partial charge is 0.250 e. The first-order valence-electron chi connectivity index (χ1n) is 3.97. The molecule has 1 amide bonds. The molecule has 0 aromatic heterocycles. The normalized spacial score (nSPS) is 11.5. The van der Waals surface area contributed by atoms with Crippen molar-refractivity contribution >= 4 is 27.5 Å². The number of primary amides is 1. The molecule has 16 heavy (non-hydrogen) atoms. The zero-order valence-electron chi connectivity index (χ0n) is 8.12. The van der Waals surface area contributed by atoms with Crippen molar-refractivity contribution in [3.63, 3.8) is 0 Å². The van der Waals surface area contributed by atoms with Crippen molar-refractivity contribution in [2.45, 2.75) is 11.8 Å². The Labute approximate surface area is 96.2 Å². The van der Waals surface area contributed by atoms with E-state index in [1.54, 1.807) is 0 Å². The van der Waals surface area contributed by atoms with E-state index >= 15 is 0 Å². The van der Waals surface area contributed by atoms with Crippen LogP contribution < -0.4 is 10.9 Å². The Hall–Kier alpha value is -1.18. The highest BCUT2D eigenvalue weighted by molar-refractivity contribution is 7.89. The first kappa shape index (κ1) is 12.9. The van der Waals surface area contributed by atoms with E-state index in [2.05, 4.69) is 0 Å². The monoisotopic (exact) mass is 266 g/mol. The van der Waals surface area contributed by atoms with Crippen molar-refractivity contribution < 1.29 is 17.6 Å². The molecule has 0 bridgehead atoms. The van der Waals surface area contributed by atoms with Gasteiger partial charge in [0.05, 0.1) is 10.6 Å². The summed E-state index contributed by atoms with van der Waals surface area (Å²) < 4.78 is 35.7. The summed E-state index contributed by atoms with van der Waals surface area (Å²) in [5, 5.41) is 4.19. The van der Waals surface area contributed by atoms with Gasteiger partial charge in [0.1, 0.15) is 10.7 Å². The van der Waals surface area contributed by atoms with Crippen LogP contribution in [0.5, 0.6) is 0 Å². The Morgan fingerprint density at radius 3 is 2.38 bits per heavy atom. The predicted octanol–water partition coefficient (Wildman–Crippen LogP) is 0.534. The number of amides is 1. The minimum atomic E-state index is -4.36. The Balaban J connectivity index is 3.80. The third-order valence-electron chi connectivity index (χ3n) is 1.89. The second-order valence-electron chi connectivity index (χ2n) is 3.11. The molecule has 1 aromatic carbocycles.